The fourth-order valence-corrected chi connectivity index (χ4v) is 1.60. The first-order valence-corrected chi connectivity index (χ1v) is 5.70. The van der Waals surface area contributed by atoms with Gasteiger partial charge in [0.15, 0.2) is 0 Å². The molecule has 2 amide bonds. The Balaban J connectivity index is 2.49. The molecule has 5 heteroatoms. The van der Waals surface area contributed by atoms with Gasteiger partial charge in [0, 0.05) is 13.0 Å². The lowest BCUT2D eigenvalue weighted by Crippen LogP contribution is -2.53. The summed E-state index contributed by atoms with van der Waals surface area (Å²) in [5.41, 5.74) is -0.557. The van der Waals surface area contributed by atoms with Gasteiger partial charge in [-0.3, -0.25) is 9.59 Å². The average Bonchev–Trinajstić information content (AvgIpc) is 2.29. The maximum Gasteiger partial charge on any atom is 0.225 e. The van der Waals surface area contributed by atoms with Crippen LogP contribution in [-0.2, 0) is 9.59 Å². The van der Waals surface area contributed by atoms with Crippen LogP contribution in [0.1, 0.15) is 33.1 Å². The third-order valence-electron chi connectivity index (χ3n) is 3.19. The lowest BCUT2D eigenvalue weighted by atomic mass is 9.94. The predicted octanol–water partition coefficient (Wildman–Crippen LogP) is -0.210. The zero-order valence-corrected chi connectivity index (χ0v) is 9.88. The van der Waals surface area contributed by atoms with Crippen molar-refractivity contribution in [1.29, 1.82) is 0 Å². The van der Waals surface area contributed by atoms with Crippen molar-refractivity contribution in [2.75, 3.05) is 13.2 Å². The molecule has 1 rings (SSSR count). The number of nitrogens with one attached hydrogen (secondary N) is 2. The van der Waals surface area contributed by atoms with Crippen LogP contribution in [-0.4, -0.2) is 35.6 Å². The van der Waals surface area contributed by atoms with Gasteiger partial charge in [-0.25, -0.2) is 0 Å². The van der Waals surface area contributed by atoms with Gasteiger partial charge in [-0.2, -0.15) is 0 Å². The second kappa shape index (κ2) is 5.30. The number of piperidine rings is 1. The number of aliphatic hydroxyl groups is 1. The van der Waals surface area contributed by atoms with E-state index >= 15 is 0 Å². The molecule has 2 unspecified atom stereocenters. The van der Waals surface area contributed by atoms with Crippen molar-refractivity contribution in [1.82, 2.24) is 10.6 Å². The van der Waals surface area contributed by atoms with Crippen LogP contribution in [0, 0.1) is 5.92 Å². The minimum atomic E-state index is -0.557. The van der Waals surface area contributed by atoms with Crippen LogP contribution in [0.2, 0.25) is 0 Å². The van der Waals surface area contributed by atoms with E-state index in [-0.39, 0.29) is 24.3 Å². The van der Waals surface area contributed by atoms with Gasteiger partial charge in [0.2, 0.25) is 11.8 Å². The lowest BCUT2D eigenvalue weighted by molar-refractivity contribution is -0.130. The minimum absolute atomic E-state index is 0.00413. The highest BCUT2D eigenvalue weighted by atomic mass is 16.3. The number of carbonyl (C=O) groups is 2. The van der Waals surface area contributed by atoms with E-state index in [0.717, 1.165) is 0 Å². The van der Waals surface area contributed by atoms with E-state index in [9.17, 15) is 14.7 Å². The molecule has 16 heavy (non-hydrogen) atoms. The summed E-state index contributed by atoms with van der Waals surface area (Å²) in [6, 6.07) is 0. The lowest BCUT2D eigenvalue weighted by Gasteiger charge is -2.30. The molecular weight excluding hydrogens is 208 g/mol. The van der Waals surface area contributed by atoms with Gasteiger partial charge >= 0.3 is 0 Å². The van der Waals surface area contributed by atoms with E-state index in [4.69, 9.17) is 0 Å². The number of hydrogen-bond acceptors (Lipinski definition) is 3. The molecule has 0 aromatic heterocycles. The first-order valence-electron chi connectivity index (χ1n) is 5.70. The summed E-state index contributed by atoms with van der Waals surface area (Å²) in [5, 5.41) is 14.7. The summed E-state index contributed by atoms with van der Waals surface area (Å²) in [4.78, 5) is 22.8. The molecule has 1 heterocycles. The van der Waals surface area contributed by atoms with Gasteiger partial charge in [-0.05, 0) is 19.8 Å². The van der Waals surface area contributed by atoms with E-state index < -0.39 is 5.54 Å². The minimum Gasteiger partial charge on any atom is -0.394 e. The Morgan fingerprint density at radius 3 is 2.81 bits per heavy atom. The van der Waals surface area contributed by atoms with E-state index in [1.165, 1.54) is 0 Å². The molecule has 0 saturated carbocycles. The summed E-state index contributed by atoms with van der Waals surface area (Å²) >= 11 is 0. The Labute approximate surface area is 95.6 Å². The Morgan fingerprint density at radius 2 is 2.38 bits per heavy atom. The molecule has 92 valence electrons. The van der Waals surface area contributed by atoms with Crippen LogP contribution in [0.15, 0.2) is 0 Å². The van der Waals surface area contributed by atoms with Crippen LogP contribution in [0.5, 0.6) is 0 Å². The average molecular weight is 228 g/mol. The third-order valence-corrected chi connectivity index (χ3v) is 3.19. The third kappa shape index (κ3) is 3.20. The van der Waals surface area contributed by atoms with Gasteiger partial charge in [-0.15, -0.1) is 0 Å². The van der Waals surface area contributed by atoms with Crippen molar-refractivity contribution >= 4 is 11.8 Å². The van der Waals surface area contributed by atoms with Crippen molar-refractivity contribution in [3.63, 3.8) is 0 Å². The molecule has 1 saturated heterocycles. The Kier molecular flexibility index (Phi) is 4.29. The zero-order valence-electron chi connectivity index (χ0n) is 9.88. The van der Waals surface area contributed by atoms with E-state index in [2.05, 4.69) is 10.6 Å². The van der Waals surface area contributed by atoms with Crippen LogP contribution >= 0.6 is 0 Å². The second-order valence-electron chi connectivity index (χ2n) is 4.60. The molecule has 0 bridgehead atoms. The quantitative estimate of drug-likeness (QED) is 0.623. The summed E-state index contributed by atoms with van der Waals surface area (Å²) < 4.78 is 0. The normalized spacial score (nSPS) is 24.4. The van der Waals surface area contributed by atoms with Gasteiger partial charge in [-0.1, -0.05) is 6.92 Å². The van der Waals surface area contributed by atoms with E-state index in [1.54, 1.807) is 0 Å². The molecule has 0 aromatic carbocycles. The number of hydrogen-bond donors (Lipinski definition) is 3. The molecule has 0 aliphatic carbocycles. The van der Waals surface area contributed by atoms with Crippen molar-refractivity contribution in [3.8, 4) is 0 Å². The highest BCUT2D eigenvalue weighted by Gasteiger charge is 2.29. The largest absolute Gasteiger partial charge is 0.394 e. The molecule has 2 atom stereocenters. The predicted molar refractivity (Wildman–Crippen MR) is 59.7 cm³/mol. The molecule has 1 fully saturated rings. The number of rotatable bonds is 4. The number of carbonyl (C=O) groups excluding carboxylic acids is 2. The van der Waals surface area contributed by atoms with Crippen LogP contribution in [0.3, 0.4) is 0 Å². The van der Waals surface area contributed by atoms with Crippen LogP contribution in [0.4, 0.5) is 0 Å². The van der Waals surface area contributed by atoms with Crippen molar-refractivity contribution in [2.45, 2.75) is 38.6 Å². The van der Waals surface area contributed by atoms with Crippen molar-refractivity contribution < 1.29 is 14.7 Å². The van der Waals surface area contributed by atoms with Crippen LogP contribution < -0.4 is 10.6 Å². The Bertz CT molecular complexity index is 264. The molecule has 0 spiro atoms. The van der Waals surface area contributed by atoms with Gasteiger partial charge in [0.1, 0.15) is 0 Å². The fraction of sp³-hybridized carbons (Fsp3) is 0.818. The summed E-state index contributed by atoms with van der Waals surface area (Å²) in [5.74, 6) is -0.252. The Hall–Kier alpha value is -1.10. The first-order chi connectivity index (χ1) is 7.50. The number of amides is 2. The standard InChI is InChI=1S/C11H20N2O3/c1-3-11(2,7-14)13-10(16)8-4-5-9(15)12-6-8/h8,14H,3-7H2,1-2H3,(H,12,15)(H,13,16). The maximum atomic E-state index is 11.9. The Morgan fingerprint density at radius 1 is 1.69 bits per heavy atom. The molecule has 1 aliphatic rings. The fourth-order valence-electron chi connectivity index (χ4n) is 1.60. The smallest absolute Gasteiger partial charge is 0.225 e. The summed E-state index contributed by atoms with van der Waals surface area (Å²) in [6.07, 6.45) is 1.66. The van der Waals surface area contributed by atoms with Gasteiger partial charge < -0.3 is 15.7 Å². The monoisotopic (exact) mass is 228 g/mol. The molecule has 0 radical (unpaired) electrons. The van der Waals surface area contributed by atoms with Crippen molar-refractivity contribution in [2.24, 2.45) is 5.92 Å². The molecular formula is C11H20N2O3. The highest BCUT2D eigenvalue weighted by molar-refractivity contribution is 5.84. The number of aliphatic hydroxyl groups excluding tert-OH is 1. The second-order valence-corrected chi connectivity index (χ2v) is 4.60. The topological polar surface area (TPSA) is 78.4 Å². The van der Waals surface area contributed by atoms with Gasteiger partial charge in [0.25, 0.3) is 0 Å². The molecule has 1 aliphatic heterocycles. The van der Waals surface area contributed by atoms with E-state index in [1.807, 2.05) is 13.8 Å². The molecule has 0 aromatic rings. The van der Waals surface area contributed by atoms with E-state index in [0.29, 0.717) is 25.8 Å². The highest BCUT2D eigenvalue weighted by Crippen LogP contribution is 2.14. The first kappa shape index (κ1) is 13.0. The molecule has 5 nitrogen and oxygen atoms in total. The molecule has 3 N–H and O–H groups in total. The van der Waals surface area contributed by atoms with Gasteiger partial charge in [0.05, 0.1) is 18.1 Å². The summed E-state index contributed by atoms with van der Waals surface area (Å²) in [7, 11) is 0. The maximum absolute atomic E-state index is 11.9. The summed E-state index contributed by atoms with van der Waals surface area (Å²) in [6.45, 7) is 4.05. The zero-order chi connectivity index (χ0) is 12.2. The van der Waals surface area contributed by atoms with Crippen molar-refractivity contribution in [3.05, 3.63) is 0 Å². The SMILES string of the molecule is CCC(C)(CO)NC(=O)C1CCC(=O)NC1. The van der Waals surface area contributed by atoms with Crippen LogP contribution in [0.25, 0.3) is 0 Å².